The molecule has 6 aromatic carbocycles. The second-order valence-electron chi connectivity index (χ2n) is 17.8. The summed E-state index contributed by atoms with van der Waals surface area (Å²) in [7, 11) is 3.46. The minimum Gasteiger partial charge on any atom is -0.481 e. The van der Waals surface area contributed by atoms with Crippen LogP contribution in [0.3, 0.4) is 0 Å². The number of aromatic nitrogens is 4. The van der Waals surface area contributed by atoms with Gasteiger partial charge < -0.3 is 19.7 Å². The number of carbonyl (C=O) groups is 4. The first-order valence-electron chi connectivity index (χ1n) is 23.1. The Balaban J connectivity index is 0.940. The van der Waals surface area contributed by atoms with E-state index in [0.29, 0.717) is 74.7 Å². The van der Waals surface area contributed by atoms with E-state index in [4.69, 9.17) is 14.6 Å². The van der Waals surface area contributed by atoms with Gasteiger partial charge in [0.05, 0.1) is 35.5 Å². The molecule has 72 heavy (non-hydrogen) atoms. The lowest BCUT2D eigenvalue weighted by Gasteiger charge is -2.16. The first kappa shape index (κ1) is 48.1. The summed E-state index contributed by atoms with van der Waals surface area (Å²) in [5, 5.41) is 28.9. The maximum atomic E-state index is 15.4. The van der Waals surface area contributed by atoms with Gasteiger partial charge in [-0.1, -0.05) is 115 Å². The predicted molar refractivity (Wildman–Crippen MR) is 265 cm³/mol. The highest BCUT2D eigenvalue weighted by Crippen LogP contribution is 2.50. The van der Waals surface area contributed by atoms with Crippen LogP contribution in [0.1, 0.15) is 61.2 Å². The molecule has 4 N–H and O–H groups in total. The van der Waals surface area contributed by atoms with Crippen LogP contribution < -0.4 is 15.3 Å². The van der Waals surface area contributed by atoms with Gasteiger partial charge in [0.1, 0.15) is 36.7 Å². The third kappa shape index (κ3) is 9.92. The van der Waals surface area contributed by atoms with Crippen molar-refractivity contribution in [3.05, 3.63) is 186 Å². The molecule has 0 bridgehead atoms. The number of carbonyl (C=O) groups excluding carboxylic acids is 2. The number of ether oxygens (including phenoxy) is 2. The van der Waals surface area contributed by atoms with Crippen molar-refractivity contribution in [1.82, 2.24) is 14.5 Å². The van der Waals surface area contributed by atoms with Crippen molar-refractivity contribution >= 4 is 35.8 Å². The molecule has 1 fully saturated rings. The lowest BCUT2D eigenvalue weighted by atomic mass is 9.93. The number of carboxylic acids is 2. The highest BCUT2D eigenvalue weighted by Gasteiger charge is 2.53. The molecule has 16 heteroatoms. The molecule has 2 heterocycles. The third-order valence-electron chi connectivity index (χ3n) is 13.1. The molecule has 8 aromatic rings. The molecule has 14 nitrogen and oxygen atoms in total. The van der Waals surface area contributed by atoms with Crippen LogP contribution in [0.5, 0.6) is 0 Å². The summed E-state index contributed by atoms with van der Waals surface area (Å²) in [4.78, 5) is 50.1. The molecular formula is C56H49F2N6O8+. The Bertz CT molecular complexity index is 3370. The fourth-order valence-electron chi connectivity index (χ4n) is 8.83. The fraction of sp³-hybridized carbons (Fsp3) is 0.179. The molecule has 0 spiro atoms. The number of aliphatic carboxylic acids is 2. The summed E-state index contributed by atoms with van der Waals surface area (Å²) in [6.45, 7) is 3.53. The van der Waals surface area contributed by atoms with Gasteiger partial charge in [-0.2, -0.15) is 24.6 Å². The van der Waals surface area contributed by atoms with Gasteiger partial charge in [-0.15, -0.1) is 0 Å². The van der Waals surface area contributed by atoms with E-state index in [1.165, 1.54) is 22.9 Å². The summed E-state index contributed by atoms with van der Waals surface area (Å²) in [6, 6.07) is 40.4. The predicted octanol–water partition coefficient (Wildman–Crippen LogP) is 11.3. The minimum absolute atomic E-state index is 0.0949. The van der Waals surface area contributed by atoms with Gasteiger partial charge in [-0.25, -0.2) is 13.6 Å². The summed E-state index contributed by atoms with van der Waals surface area (Å²) < 4.78 is 46.9. The summed E-state index contributed by atoms with van der Waals surface area (Å²) in [6.07, 6.45) is 1.13. The van der Waals surface area contributed by atoms with Gasteiger partial charge in [-0.05, 0) is 101 Å². The zero-order valence-electron chi connectivity index (χ0n) is 39.6. The number of carboxylic acid groups (broad SMARTS) is 2. The van der Waals surface area contributed by atoms with Crippen LogP contribution in [0.2, 0.25) is 0 Å². The van der Waals surface area contributed by atoms with Crippen LogP contribution in [0, 0.1) is 11.6 Å². The average Bonchev–Trinajstić information content (AvgIpc) is 4.02. The largest absolute Gasteiger partial charge is 0.505 e. The van der Waals surface area contributed by atoms with Crippen molar-refractivity contribution in [3.63, 3.8) is 0 Å². The standard InChI is InChI=1S/C56H48F2N6O8/c1-33(35-9-6-5-7-10-35)71-55(70)61-52-46(39-19-15-37(16-20-39)42-23-24-47(49(58)29-42)56(25-26-56)53(67)68)32-64(63(52)4)44-12-8-11-40(27-44)34(2)72-54(69)60-51-45(31-59-62(51)3)38-17-13-36(14-18-38)41-21-22-43(30-50(65)66)48(57)28-41/h5-24,27-29,31-34H,25-26,30H2,1-4H3,(H3,59,60,65,66,67,68,69)/p+1. The first-order valence-corrected chi connectivity index (χ1v) is 23.1. The molecule has 2 unspecified atom stereocenters. The van der Waals surface area contributed by atoms with Crippen molar-refractivity contribution in [3.8, 4) is 50.2 Å². The third-order valence-corrected chi connectivity index (χ3v) is 13.1. The Kier molecular flexibility index (Phi) is 13.3. The molecule has 0 radical (unpaired) electrons. The monoisotopic (exact) mass is 971 g/mol. The molecule has 0 saturated heterocycles. The summed E-state index contributed by atoms with van der Waals surface area (Å²) >= 11 is 0. The molecule has 2 amide bonds. The lowest BCUT2D eigenvalue weighted by Crippen LogP contribution is -2.41. The summed E-state index contributed by atoms with van der Waals surface area (Å²) in [5.74, 6) is -2.54. The number of hydrogen-bond donors (Lipinski definition) is 4. The SMILES string of the molecule is CC(OC(=O)Nc1c(-c2ccc(-c3ccc(CC(=O)O)c(F)c3)cc2)cnn1C)c1cccc(-n2cc(-c3ccc(-c4ccc(C5(C(=O)O)CC5)c(F)c4)cc3)c(NC(=O)OC(C)c3ccccc3)[n+]2C)c1. The molecule has 2 aromatic heterocycles. The van der Waals surface area contributed by atoms with Crippen molar-refractivity contribution in [1.29, 1.82) is 0 Å². The lowest BCUT2D eigenvalue weighted by molar-refractivity contribution is -0.730. The maximum Gasteiger partial charge on any atom is 0.505 e. The number of anilines is 2. The van der Waals surface area contributed by atoms with E-state index >= 15 is 4.39 Å². The number of nitrogens with one attached hydrogen (secondary N) is 2. The van der Waals surface area contributed by atoms with Crippen LogP contribution in [-0.2, 0) is 45.0 Å². The highest BCUT2D eigenvalue weighted by molar-refractivity contribution is 5.91. The van der Waals surface area contributed by atoms with Crippen LogP contribution >= 0.6 is 0 Å². The van der Waals surface area contributed by atoms with Crippen molar-refractivity contribution in [2.75, 3.05) is 10.6 Å². The number of aryl methyl sites for hydroxylation is 1. The average molecular weight is 972 g/mol. The fourth-order valence-corrected chi connectivity index (χ4v) is 8.83. The topological polar surface area (TPSA) is 178 Å². The molecule has 2 atom stereocenters. The smallest absolute Gasteiger partial charge is 0.481 e. The van der Waals surface area contributed by atoms with Gasteiger partial charge in [0.15, 0.2) is 0 Å². The number of hydrogen-bond acceptors (Lipinski definition) is 7. The Morgan fingerprint density at radius 2 is 1.24 bits per heavy atom. The molecule has 1 saturated carbocycles. The zero-order chi connectivity index (χ0) is 50.8. The molecule has 364 valence electrons. The Morgan fingerprint density at radius 1 is 0.681 bits per heavy atom. The number of amides is 2. The van der Waals surface area contributed by atoms with E-state index in [-0.39, 0.29) is 11.1 Å². The quantitative estimate of drug-likeness (QED) is 0.0728. The van der Waals surface area contributed by atoms with Crippen molar-refractivity contribution in [2.24, 2.45) is 14.1 Å². The van der Waals surface area contributed by atoms with Gasteiger partial charge in [-0.3, -0.25) is 19.6 Å². The van der Waals surface area contributed by atoms with E-state index in [1.807, 2.05) is 102 Å². The molecule has 1 aliphatic carbocycles. The van der Waals surface area contributed by atoms with E-state index in [2.05, 4.69) is 15.7 Å². The summed E-state index contributed by atoms with van der Waals surface area (Å²) in [5.41, 5.74) is 6.51. The van der Waals surface area contributed by atoms with E-state index < -0.39 is 59.8 Å². The Morgan fingerprint density at radius 3 is 1.83 bits per heavy atom. The minimum atomic E-state index is -1.17. The van der Waals surface area contributed by atoms with Crippen LogP contribution in [0.25, 0.3) is 50.2 Å². The number of nitrogens with zero attached hydrogens (tertiary/aromatic N) is 4. The second-order valence-corrected chi connectivity index (χ2v) is 17.8. The van der Waals surface area contributed by atoms with Gasteiger partial charge in [0.2, 0.25) is 0 Å². The molecule has 1 aliphatic rings. The van der Waals surface area contributed by atoms with Crippen molar-refractivity contribution in [2.45, 2.75) is 50.7 Å². The van der Waals surface area contributed by atoms with Gasteiger partial charge in [0, 0.05) is 18.2 Å². The first-order chi connectivity index (χ1) is 34.6. The van der Waals surface area contributed by atoms with E-state index in [0.717, 1.165) is 11.1 Å². The second kappa shape index (κ2) is 19.8. The van der Waals surface area contributed by atoms with E-state index in [1.54, 1.807) is 69.2 Å². The van der Waals surface area contributed by atoms with Gasteiger partial charge >= 0.3 is 29.9 Å². The number of benzene rings is 6. The number of halogens is 2. The normalized spacial score (nSPS) is 13.4. The van der Waals surface area contributed by atoms with Crippen LogP contribution in [-0.4, -0.2) is 48.8 Å². The van der Waals surface area contributed by atoms with Crippen LogP contribution in [0.4, 0.5) is 30.0 Å². The Hall–Kier alpha value is -8.92. The highest BCUT2D eigenvalue weighted by atomic mass is 19.1. The Labute approximate surface area is 412 Å². The maximum absolute atomic E-state index is 15.4. The molecular weight excluding hydrogens is 923 g/mol. The van der Waals surface area contributed by atoms with Crippen molar-refractivity contribution < 1.29 is 52.3 Å². The number of rotatable bonds is 15. The zero-order valence-corrected chi connectivity index (χ0v) is 39.6. The molecule has 9 rings (SSSR count). The van der Waals surface area contributed by atoms with Crippen LogP contribution in [0.15, 0.2) is 152 Å². The van der Waals surface area contributed by atoms with E-state index in [9.17, 15) is 28.7 Å². The van der Waals surface area contributed by atoms with Gasteiger partial charge in [0.25, 0.3) is 0 Å². The molecule has 0 aliphatic heterocycles.